The van der Waals surface area contributed by atoms with Gasteiger partial charge in [0.25, 0.3) is 0 Å². The summed E-state index contributed by atoms with van der Waals surface area (Å²) in [5.41, 5.74) is 2.31. The minimum Gasteiger partial charge on any atom is -0.481 e. The summed E-state index contributed by atoms with van der Waals surface area (Å²) in [7, 11) is 0. The summed E-state index contributed by atoms with van der Waals surface area (Å²) in [4.78, 5) is 11.4. The van der Waals surface area contributed by atoms with Crippen molar-refractivity contribution in [3.8, 4) is 0 Å². The van der Waals surface area contributed by atoms with Crippen LogP contribution in [0.3, 0.4) is 0 Å². The van der Waals surface area contributed by atoms with E-state index in [0.717, 1.165) is 31.4 Å². The summed E-state index contributed by atoms with van der Waals surface area (Å²) >= 11 is 0. The maximum absolute atomic E-state index is 11.4. The highest BCUT2D eigenvalue weighted by Gasteiger charge is 2.22. The molecule has 1 aliphatic rings. The lowest BCUT2D eigenvalue weighted by molar-refractivity contribution is -0.142. The third-order valence-electron chi connectivity index (χ3n) is 3.94. The fourth-order valence-corrected chi connectivity index (χ4v) is 2.68. The summed E-state index contributed by atoms with van der Waals surface area (Å²) in [5.74, 6) is -0.994. The molecule has 1 aromatic rings. The first-order chi connectivity index (χ1) is 9.16. The highest BCUT2D eigenvalue weighted by Crippen LogP contribution is 2.23. The number of aliphatic carboxylic acids is 1. The third-order valence-corrected chi connectivity index (χ3v) is 3.94. The van der Waals surface area contributed by atoms with E-state index in [1.165, 1.54) is 5.56 Å². The van der Waals surface area contributed by atoms with Crippen LogP contribution in [0.1, 0.15) is 36.8 Å². The molecule has 2 unspecified atom stereocenters. The number of carbonyl (C=O) groups is 1. The lowest BCUT2D eigenvalue weighted by atomic mass is 9.91. The molecule has 0 bridgehead atoms. The normalized spacial score (nSPS) is 20.4. The minimum absolute atomic E-state index is 0.277. The van der Waals surface area contributed by atoms with Gasteiger partial charge >= 0.3 is 5.97 Å². The van der Waals surface area contributed by atoms with E-state index in [9.17, 15) is 9.90 Å². The molecule has 0 aliphatic carbocycles. The number of ether oxygens (including phenoxy) is 1. The van der Waals surface area contributed by atoms with Crippen molar-refractivity contribution in [1.82, 2.24) is 0 Å². The summed E-state index contributed by atoms with van der Waals surface area (Å²) in [6.45, 7) is 2.87. The van der Waals surface area contributed by atoms with E-state index in [-0.39, 0.29) is 12.0 Å². The fraction of sp³-hybridized carbons (Fsp3) is 0.562. The lowest BCUT2D eigenvalue weighted by Crippen LogP contribution is -2.19. The van der Waals surface area contributed by atoms with Gasteiger partial charge in [-0.3, -0.25) is 4.79 Å². The predicted molar refractivity (Wildman–Crippen MR) is 74.2 cm³/mol. The van der Waals surface area contributed by atoms with Gasteiger partial charge in [0.15, 0.2) is 0 Å². The maximum atomic E-state index is 11.4. The molecule has 1 aliphatic heterocycles. The Labute approximate surface area is 114 Å². The Morgan fingerprint density at radius 2 is 2.26 bits per heavy atom. The summed E-state index contributed by atoms with van der Waals surface area (Å²) in [5, 5.41) is 9.36. The van der Waals surface area contributed by atoms with Crippen LogP contribution in [0.5, 0.6) is 0 Å². The van der Waals surface area contributed by atoms with E-state index in [0.29, 0.717) is 12.8 Å². The van der Waals surface area contributed by atoms with Crippen LogP contribution >= 0.6 is 0 Å². The second-order valence-electron chi connectivity index (χ2n) is 5.38. The van der Waals surface area contributed by atoms with Crippen LogP contribution in [0, 0.1) is 12.8 Å². The van der Waals surface area contributed by atoms with Crippen LogP contribution in [0.15, 0.2) is 24.3 Å². The molecular weight excluding hydrogens is 240 g/mol. The smallest absolute Gasteiger partial charge is 0.306 e. The molecule has 1 aromatic carbocycles. The molecule has 2 atom stereocenters. The van der Waals surface area contributed by atoms with E-state index in [4.69, 9.17) is 4.74 Å². The Balaban J connectivity index is 1.92. The van der Waals surface area contributed by atoms with Crippen molar-refractivity contribution in [3.05, 3.63) is 35.4 Å². The molecule has 1 saturated heterocycles. The van der Waals surface area contributed by atoms with Gasteiger partial charge in [0.2, 0.25) is 0 Å². The van der Waals surface area contributed by atoms with Gasteiger partial charge in [0, 0.05) is 6.61 Å². The lowest BCUT2D eigenvalue weighted by Gasteiger charge is -2.16. The Kier molecular flexibility index (Phi) is 4.97. The van der Waals surface area contributed by atoms with Crippen LogP contribution in [0.2, 0.25) is 0 Å². The summed E-state index contributed by atoms with van der Waals surface area (Å²) in [6, 6.07) is 8.02. The molecule has 2 rings (SSSR count). The van der Waals surface area contributed by atoms with Crippen LogP contribution in [0.25, 0.3) is 0 Å². The molecule has 1 N–H and O–H groups in total. The quantitative estimate of drug-likeness (QED) is 0.856. The van der Waals surface area contributed by atoms with Gasteiger partial charge in [-0.2, -0.15) is 0 Å². The number of carboxylic acids is 1. The van der Waals surface area contributed by atoms with Crippen molar-refractivity contribution >= 4 is 5.97 Å². The van der Waals surface area contributed by atoms with E-state index >= 15 is 0 Å². The van der Waals surface area contributed by atoms with Crippen LogP contribution in [-0.2, 0) is 16.0 Å². The topological polar surface area (TPSA) is 46.5 Å². The SMILES string of the molecule is Cc1ccccc1CC(CCC1CCCO1)C(=O)O. The zero-order valence-electron chi connectivity index (χ0n) is 11.5. The number of hydrogen-bond acceptors (Lipinski definition) is 2. The van der Waals surface area contributed by atoms with Gasteiger partial charge in [0.1, 0.15) is 0 Å². The van der Waals surface area contributed by atoms with Gasteiger partial charge in [-0.1, -0.05) is 24.3 Å². The monoisotopic (exact) mass is 262 g/mol. The Bertz CT molecular complexity index is 422. The summed E-state index contributed by atoms with van der Waals surface area (Å²) < 4.78 is 5.56. The van der Waals surface area contributed by atoms with Crippen molar-refractivity contribution in [2.45, 2.75) is 45.1 Å². The van der Waals surface area contributed by atoms with Gasteiger partial charge < -0.3 is 9.84 Å². The average molecular weight is 262 g/mol. The first-order valence-electron chi connectivity index (χ1n) is 7.05. The highest BCUT2D eigenvalue weighted by atomic mass is 16.5. The number of benzene rings is 1. The molecule has 19 heavy (non-hydrogen) atoms. The van der Waals surface area contributed by atoms with Gasteiger partial charge in [-0.05, 0) is 50.2 Å². The molecule has 0 saturated carbocycles. The first kappa shape index (κ1) is 14.1. The second-order valence-corrected chi connectivity index (χ2v) is 5.38. The third kappa shape index (κ3) is 4.06. The van der Waals surface area contributed by atoms with Gasteiger partial charge in [-0.25, -0.2) is 0 Å². The molecule has 0 amide bonds. The van der Waals surface area contributed by atoms with Crippen LogP contribution < -0.4 is 0 Å². The van der Waals surface area contributed by atoms with Crippen LogP contribution in [0.4, 0.5) is 0 Å². The number of aryl methyl sites for hydroxylation is 1. The molecule has 1 fully saturated rings. The molecule has 0 spiro atoms. The molecule has 0 aromatic heterocycles. The number of rotatable bonds is 6. The standard InChI is InChI=1S/C16H22O3/c1-12-5-2-3-6-13(12)11-14(16(17)18)8-9-15-7-4-10-19-15/h2-3,5-6,14-15H,4,7-11H2,1H3,(H,17,18). The van der Waals surface area contributed by atoms with Crippen molar-refractivity contribution in [1.29, 1.82) is 0 Å². The Hall–Kier alpha value is -1.35. The van der Waals surface area contributed by atoms with Crippen molar-refractivity contribution in [3.63, 3.8) is 0 Å². The van der Waals surface area contributed by atoms with E-state index in [2.05, 4.69) is 0 Å². The second kappa shape index (κ2) is 6.71. The molecule has 3 heteroatoms. The van der Waals surface area contributed by atoms with Crippen molar-refractivity contribution in [2.24, 2.45) is 5.92 Å². The van der Waals surface area contributed by atoms with Crippen molar-refractivity contribution < 1.29 is 14.6 Å². The van der Waals surface area contributed by atoms with E-state index in [1.807, 2.05) is 31.2 Å². The summed E-state index contributed by atoms with van der Waals surface area (Å²) in [6.07, 6.45) is 4.65. The zero-order valence-corrected chi connectivity index (χ0v) is 11.5. The Morgan fingerprint density at radius 1 is 1.47 bits per heavy atom. The number of hydrogen-bond donors (Lipinski definition) is 1. The van der Waals surface area contributed by atoms with Gasteiger partial charge in [0.05, 0.1) is 12.0 Å². The molecule has 1 heterocycles. The predicted octanol–water partition coefficient (Wildman–Crippen LogP) is 3.20. The fourth-order valence-electron chi connectivity index (χ4n) is 2.68. The van der Waals surface area contributed by atoms with E-state index < -0.39 is 5.97 Å². The van der Waals surface area contributed by atoms with Gasteiger partial charge in [-0.15, -0.1) is 0 Å². The molecule has 3 nitrogen and oxygen atoms in total. The van der Waals surface area contributed by atoms with E-state index in [1.54, 1.807) is 0 Å². The average Bonchev–Trinajstić information content (AvgIpc) is 2.89. The maximum Gasteiger partial charge on any atom is 0.306 e. The van der Waals surface area contributed by atoms with Crippen LogP contribution in [-0.4, -0.2) is 23.8 Å². The van der Waals surface area contributed by atoms with Crippen molar-refractivity contribution in [2.75, 3.05) is 6.61 Å². The minimum atomic E-state index is -0.693. The Morgan fingerprint density at radius 3 is 2.89 bits per heavy atom. The largest absolute Gasteiger partial charge is 0.481 e. The first-order valence-corrected chi connectivity index (χ1v) is 7.05. The molecule has 104 valence electrons. The molecule has 0 radical (unpaired) electrons. The number of carboxylic acid groups (broad SMARTS) is 1. The molecular formula is C16H22O3. The zero-order chi connectivity index (χ0) is 13.7. The highest BCUT2D eigenvalue weighted by molar-refractivity contribution is 5.70.